The van der Waals surface area contributed by atoms with Gasteiger partial charge in [-0.15, -0.1) is 12.4 Å². The molecule has 1 heterocycles. The lowest BCUT2D eigenvalue weighted by Gasteiger charge is -2.27. The number of amides is 2. The molecule has 0 atom stereocenters. The van der Waals surface area contributed by atoms with E-state index in [0.29, 0.717) is 32.2 Å². The summed E-state index contributed by atoms with van der Waals surface area (Å²) in [4.78, 5) is 25.1. The molecule has 116 valence electrons. The molecule has 1 aromatic carbocycles. The van der Waals surface area contributed by atoms with E-state index < -0.39 is 17.5 Å². The predicted octanol–water partition coefficient (Wildman–Crippen LogP) is 0.548. The number of hydrogen-bond donors (Lipinski definition) is 2. The van der Waals surface area contributed by atoms with Gasteiger partial charge in [0.25, 0.3) is 5.91 Å². The number of benzene rings is 1. The van der Waals surface area contributed by atoms with E-state index in [0.717, 1.165) is 12.1 Å². The van der Waals surface area contributed by atoms with Crippen molar-refractivity contribution >= 4 is 24.2 Å². The van der Waals surface area contributed by atoms with Gasteiger partial charge in [0.2, 0.25) is 5.91 Å². The van der Waals surface area contributed by atoms with Crippen LogP contribution in [0.3, 0.4) is 0 Å². The van der Waals surface area contributed by atoms with Gasteiger partial charge in [0.1, 0.15) is 11.6 Å². The summed E-state index contributed by atoms with van der Waals surface area (Å²) in [5, 5.41) is 5.45. The molecule has 1 aliphatic heterocycles. The molecule has 0 unspecified atom stereocenters. The lowest BCUT2D eigenvalue weighted by Crippen LogP contribution is -2.49. The third-order valence-electron chi connectivity index (χ3n) is 3.05. The van der Waals surface area contributed by atoms with Gasteiger partial charge in [0.15, 0.2) is 0 Å². The number of nitrogens with one attached hydrogen (secondary N) is 2. The Morgan fingerprint density at radius 2 is 1.90 bits per heavy atom. The van der Waals surface area contributed by atoms with Crippen molar-refractivity contribution in [1.29, 1.82) is 0 Å². The summed E-state index contributed by atoms with van der Waals surface area (Å²) < 4.78 is 26.1. The lowest BCUT2D eigenvalue weighted by atomic mass is 10.2. The highest BCUT2D eigenvalue weighted by Crippen LogP contribution is 2.09. The Hall–Kier alpha value is -1.73. The number of carbonyl (C=O) groups excluding carboxylic acids is 2. The van der Waals surface area contributed by atoms with Gasteiger partial charge in [-0.3, -0.25) is 9.59 Å². The van der Waals surface area contributed by atoms with Crippen LogP contribution in [0.2, 0.25) is 0 Å². The van der Waals surface area contributed by atoms with Crippen molar-refractivity contribution in [3.8, 4) is 0 Å². The summed E-state index contributed by atoms with van der Waals surface area (Å²) in [6.45, 7) is 2.40. The van der Waals surface area contributed by atoms with Crippen LogP contribution in [-0.2, 0) is 4.79 Å². The first kappa shape index (κ1) is 17.3. The number of halogens is 3. The fourth-order valence-corrected chi connectivity index (χ4v) is 1.95. The van der Waals surface area contributed by atoms with Gasteiger partial charge in [-0.25, -0.2) is 8.78 Å². The monoisotopic (exact) mass is 319 g/mol. The summed E-state index contributed by atoms with van der Waals surface area (Å²) in [5.74, 6) is -2.65. The molecular weight excluding hydrogens is 304 g/mol. The van der Waals surface area contributed by atoms with Crippen molar-refractivity contribution in [3.63, 3.8) is 0 Å². The molecule has 5 nitrogen and oxygen atoms in total. The minimum Gasteiger partial charge on any atom is -0.343 e. The Labute approximate surface area is 127 Å². The first-order valence-corrected chi connectivity index (χ1v) is 6.29. The zero-order chi connectivity index (χ0) is 14.5. The van der Waals surface area contributed by atoms with Gasteiger partial charge < -0.3 is 15.5 Å². The third kappa shape index (κ3) is 4.64. The highest BCUT2D eigenvalue weighted by atomic mass is 35.5. The number of carbonyl (C=O) groups is 2. The molecule has 0 radical (unpaired) electrons. The van der Waals surface area contributed by atoms with Crippen molar-refractivity contribution in [1.82, 2.24) is 15.5 Å². The Kier molecular flexibility index (Phi) is 6.51. The molecule has 1 aromatic rings. The maximum absolute atomic E-state index is 13.4. The molecule has 1 saturated heterocycles. The molecule has 2 rings (SSSR count). The zero-order valence-corrected chi connectivity index (χ0v) is 12.0. The van der Waals surface area contributed by atoms with E-state index in [4.69, 9.17) is 0 Å². The van der Waals surface area contributed by atoms with Crippen molar-refractivity contribution in [3.05, 3.63) is 35.4 Å². The van der Waals surface area contributed by atoms with Crippen LogP contribution in [0.5, 0.6) is 0 Å². The van der Waals surface area contributed by atoms with Gasteiger partial charge in [0, 0.05) is 32.2 Å². The highest BCUT2D eigenvalue weighted by Gasteiger charge is 2.18. The predicted molar refractivity (Wildman–Crippen MR) is 75.4 cm³/mol. The normalized spacial score (nSPS) is 14.3. The quantitative estimate of drug-likeness (QED) is 0.855. The van der Waals surface area contributed by atoms with Gasteiger partial charge in [-0.1, -0.05) is 0 Å². The number of piperazine rings is 1. The van der Waals surface area contributed by atoms with E-state index in [-0.39, 0.29) is 30.4 Å². The second kappa shape index (κ2) is 7.90. The fraction of sp³-hybridized carbons (Fsp3) is 0.385. The Balaban J connectivity index is 0.00000220. The Morgan fingerprint density at radius 1 is 1.24 bits per heavy atom. The van der Waals surface area contributed by atoms with E-state index in [1.807, 2.05) is 0 Å². The summed E-state index contributed by atoms with van der Waals surface area (Å²) in [6, 6.07) is 2.68. The van der Waals surface area contributed by atoms with Gasteiger partial charge in [-0.2, -0.15) is 0 Å². The largest absolute Gasteiger partial charge is 0.343 e. The Bertz CT molecular complexity index is 522. The van der Waals surface area contributed by atoms with Crippen molar-refractivity contribution < 1.29 is 18.4 Å². The number of nitrogens with zero attached hydrogens (tertiary/aromatic N) is 1. The second-order valence-electron chi connectivity index (χ2n) is 4.44. The molecule has 2 N–H and O–H groups in total. The van der Waals surface area contributed by atoms with Gasteiger partial charge in [-0.05, 0) is 12.1 Å². The van der Waals surface area contributed by atoms with Crippen LogP contribution in [0.4, 0.5) is 8.78 Å². The molecule has 0 spiro atoms. The number of hydrogen-bond acceptors (Lipinski definition) is 3. The molecule has 0 bridgehead atoms. The van der Waals surface area contributed by atoms with Crippen molar-refractivity contribution in [2.75, 3.05) is 32.7 Å². The van der Waals surface area contributed by atoms with E-state index >= 15 is 0 Å². The zero-order valence-electron chi connectivity index (χ0n) is 11.2. The van der Waals surface area contributed by atoms with Gasteiger partial charge in [0.05, 0.1) is 12.1 Å². The maximum atomic E-state index is 13.4. The van der Waals surface area contributed by atoms with Gasteiger partial charge >= 0.3 is 0 Å². The second-order valence-corrected chi connectivity index (χ2v) is 4.44. The highest BCUT2D eigenvalue weighted by molar-refractivity contribution is 5.96. The number of rotatable bonds is 3. The van der Waals surface area contributed by atoms with E-state index in [9.17, 15) is 18.4 Å². The van der Waals surface area contributed by atoms with E-state index in [2.05, 4.69) is 10.6 Å². The molecule has 8 heteroatoms. The maximum Gasteiger partial charge on any atom is 0.254 e. The first-order valence-electron chi connectivity index (χ1n) is 6.29. The molecule has 1 aliphatic rings. The first-order chi connectivity index (χ1) is 9.58. The van der Waals surface area contributed by atoms with Crippen LogP contribution in [-0.4, -0.2) is 49.4 Å². The smallest absolute Gasteiger partial charge is 0.254 e. The summed E-state index contributed by atoms with van der Waals surface area (Å²) >= 11 is 0. The van der Waals surface area contributed by atoms with Crippen LogP contribution >= 0.6 is 12.4 Å². The molecular formula is C13H16ClF2N3O2. The minimum atomic E-state index is -0.947. The van der Waals surface area contributed by atoms with E-state index in [1.165, 1.54) is 0 Å². The topological polar surface area (TPSA) is 61.4 Å². The molecule has 0 aliphatic carbocycles. The minimum absolute atomic E-state index is 0. The molecule has 1 fully saturated rings. The Morgan fingerprint density at radius 3 is 2.52 bits per heavy atom. The third-order valence-corrected chi connectivity index (χ3v) is 3.05. The van der Waals surface area contributed by atoms with Crippen LogP contribution in [0.1, 0.15) is 10.4 Å². The van der Waals surface area contributed by atoms with Crippen molar-refractivity contribution in [2.24, 2.45) is 0 Å². The summed E-state index contributed by atoms with van der Waals surface area (Å²) in [7, 11) is 0. The average molecular weight is 320 g/mol. The molecule has 0 saturated carbocycles. The molecule has 21 heavy (non-hydrogen) atoms. The van der Waals surface area contributed by atoms with Crippen molar-refractivity contribution in [2.45, 2.75) is 0 Å². The summed E-state index contributed by atoms with van der Waals surface area (Å²) in [5.41, 5.74) is -0.278. The van der Waals surface area contributed by atoms with E-state index in [1.54, 1.807) is 4.90 Å². The fourth-order valence-electron chi connectivity index (χ4n) is 1.95. The summed E-state index contributed by atoms with van der Waals surface area (Å²) in [6.07, 6.45) is 0. The van der Waals surface area contributed by atoms with Crippen LogP contribution in [0.15, 0.2) is 18.2 Å². The van der Waals surface area contributed by atoms with Crippen LogP contribution in [0, 0.1) is 11.6 Å². The SMILES string of the molecule is Cl.O=C(NCC(=O)N1CCNCC1)c1ccc(F)cc1F. The average Bonchev–Trinajstić information content (AvgIpc) is 2.45. The lowest BCUT2D eigenvalue weighted by molar-refractivity contribution is -0.130. The van der Waals surface area contributed by atoms with Crippen LogP contribution in [0.25, 0.3) is 0 Å². The van der Waals surface area contributed by atoms with Crippen LogP contribution < -0.4 is 10.6 Å². The standard InChI is InChI=1S/C13H15F2N3O2.ClH/c14-9-1-2-10(11(15)7-9)13(20)17-8-12(19)18-5-3-16-4-6-18;/h1-2,7,16H,3-6,8H2,(H,17,20);1H. The molecule has 0 aromatic heterocycles. The molecule has 2 amide bonds.